The number of carbonyl (C=O) groups excluding carboxylic acids is 6. The molecule has 1 amide bonds. The first-order chi connectivity index (χ1) is 32.3. The lowest BCUT2D eigenvalue weighted by molar-refractivity contribution is -0.145. The molecule has 5 aromatic rings. The fraction of sp³-hybridized carbons (Fsp3) is 0.308. The Balaban J connectivity index is 0.927. The molecule has 1 aromatic heterocycles. The van der Waals surface area contributed by atoms with Crippen molar-refractivity contribution in [2.45, 2.75) is 58.3 Å². The van der Waals surface area contributed by atoms with E-state index in [-0.39, 0.29) is 35.1 Å². The molecule has 4 aromatic carbocycles. The van der Waals surface area contributed by atoms with Gasteiger partial charge in [0.25, 0.3) is 5.91 Å². The number of aryl methyl sites for hydroxylation is 1. The van der Waals surface area contributed by atoms with Crippen LogP contribution in [0.3, 0.4) is 0 Å². The number of rotatable bonds is 15. The van der Waals surface area contributed by atoms with Crippen molar-refractivity contribution < 1.29 is 57.2 Å². The molecule has 0 spiro atoms. The van der Waals surface area contributed by atoms with Crippen molar-refractivity contribution in [1.29, 1.82) is 0 Å². The van der Waals surface area contributed by atoms with E-state index in [4.69, 9.17) is 40.0 Å². The van der Waals surface area contributed by atoms with E-state index in [1.807, 2.05) is 6.92 Å². The second-order valence-electron chi connectivity index (χ2n) is 16.5. The molecule has 2 aliphatic carbocycles. The molecule has 348 valence electrons. The number of halogens is 1. The summed E-state index contributed by atoms with van der Waals surface area (Å²) in [4.78, 5) is 81.1. The van der Waals surface area contributed by atoms with Gasteiger partial charge in [0.15, 0.2) is 5.78 Å². The number of benzene rings is 4. The SMILES string of the molecule is COc1ccc(C(=O)N(C)c2ccc(OC(=O)C3CCC(C(=O)Oc4ccc(OC(=O)C5CCC(C(=O)Oc6ccc(OC)cc6C)CC5)c(/C=C/C(=O)c5ccc(Cl)s5)c4)CC3)cc2)cc1. The highest BCUT2D eigenvalue weighted by atomic mass is 35.5. The van der Waals surface area contributed by atoms with E-state index in [1.54, 1.807) is 100 Å². The molecule has 0 bridgehead atoms. The quantitative estimate of drug-likeness (QED) is 0.0423. The molecule has 7 rings (SSSR count). The third kappa shape index (κ3) is 12.4. The van der Waals surface area contributed by atoms with Gasteiger partial charge in [-0.05, 0) is 173 Å². The number of methoxy groups -OCH3 is 2. The van der Waals surface area contributed by atoms with Gasteiger partial charge in [-0.2, -0.15) is 0 Å². The van der Waals surface area contributed by atoms with Crippen LogP contribution in [0, 0.1) is 30.6 Å². The van der Waals surface area contributed by atoms with Crippen LogP contribution in [0.1, 0.15) is 82.5 Å². The summed E-state index contributed by atoms with van der Waals surface area (Å²) in [5.74, 6) is -1.52. The molecule has 0 N–H and O–H groups in total. The lowest BCUT2D eigenvalue weighted by Crippen LogP contribution is -2.30. The summed E-state index contributed by atoms with van der Waals surface area (Å²) >= 11 is 7.19. The maximum atomic E-state index is 13.5. The average Bonchev–Trinajstić information content (AvgIpc) is 3.80. The van der Waals surface area contributed by atoms with Gasteiger partial charge >= 0.3 is 23.9 Å². The van der Waals surface area contributed by atoms with Gasteiger partial charge in [-0.1, -0.05) is 11.6 Å². The third-order valence-corrected chi connectivity index (χ3v) is 13.4. The summed E-state index contributed by atoms with van der Waals surface area (Å²) in [7, 11) is 4.79. The highest BCUT2D eigenvalue weighted by Crippen LogP contribution is 2.36. The Morgan fingerprint density at radius 2 is 1.04 bits per heavy atom. The van der Waals surface area contributed by atoms with Crippen LogP contribution in [0.2, 0.25) is 4.34 Å². The van der Waals surface area contributed by atoms with Crippen molar-refractivity contribution in [3.8, 4) is 34.5 Å². The van der Waals surface area contributed by atoms with E-state index in [0.717, 1.165) is 16.9 Å². The maximum absolute atomic E-state index is 13.5. The van der Waals surface area contributed by atoms with Crippen LogP contribution in [-0.4, -0.2) is 56.8 Å². The summed E-state index contributed by atoms with van der Waals surface area (Å²) in [6, 6.07) is 26.5. The van der Waals surface area contributed by atoms with Crippen LogP contribution < -0.4 is 33.3 Å². The number of anilines is 1. The largest absolute Gasteiger partial charge is 0.497 e. The molecule has 0 unspecified atom stereocenters. The van der Waals surface area contributed by atoms with Crippen LogP contribution in [0.25, 0.3) is 6.08 Å². The second-order valence-corrected chi connectivity index (χ2v) is 18.2. The van der Waals surface area contributed by atoms with E-state index in [0.29, 0.717) is 100 Å². The van der Waals surface area contributed by atoms with Crippen LogP contribution in [0.15, 0.2) is 103 Å². The average molecular weight is 948 g/mol. The van der Waals surface area contributed by atoms with Crippen LogP contribution in [0.4, 0.5) is 5.69 Å². The van der Waals surface area contributed by atoms with Gasteiger partial charge in [-0.3, -0.25) is 28.8 Å². The molecule has 0 aliphatic heterocycles. The number of nitrogens with zero attached hydrogens (tertiary/aromatic N) is 1. The number of hydrogen-bond acceptors (Lipinski definition) is 13. The summed E-state index contributed by atoms with van der Waals surface area (Å²) < 4.78 is 34.0. The van der Waals surface area contributed by atoms with Crippen molar-refractivity contribution in [2.75, 3.05) is 26.2 Å². The van der Waals surface area contributed by atoms with Crippen molar-refractivity contribution in [2.24, 2.45) is 23.7 Å². The number of esters is 4. The van der Waals surface area contributed by atoms with Gasteiger partial charge in [0.1, 0.15) is 34.5 Å². The number of ether oxygens (including phenoxy) is 6. The first-order valence-electron chi connectivity index (χ1n) is 21.9. The summed E-state index contributed by atoms with van der Waals surface area (Å²) in [6.07, 6.45) is 6.18. The number of hydrogen-bond donors (Lipinski definition) is 0. The Morgan fingerprint density at radius 3 is 1.57 bits per heavy atom. The molecule has 67 heavy (non-hydrogen) atoms. The normalized spacial score (nSPS) is 18.0. The molecule has 15 heteroatoms. The van der Waals surface area contributed by atoms with Crippen LogP contribution >= 0.6 is 22.9 Å². The molecule has 0 radical (unpaired) electrons. The second kappa shape index (κ2) is 22.1. The summed E-state index contributed by atoms with van der Waals surface area (Å²) in [6.45, 7) is 1.83. The predicted molar refractivity (Wildman–Crippen MR) is 252 cm³/mol. The fourth-order valence-corrected chi connectivity index (χ4v) is 9.03. The Bertz CT molecular complexity index is 2640. The van der Waals surface area contributed by atoms with E-state index < -0.39 is 35.7 Å². The summed E-state index contributed by atoms with van der Waals surface area (Å²) in [5.41, 5.74) is 2.21. The molecule has 1 heterocycles. The van der Waals surface area contributed by atoms with Crippen molar-refractivity contribution in [3.63, 3.8) is 0 Å². The molecule has 0 saturated heterocycles. The number of amides is 1. The van der Waals surface area contributed by atoms with Gasteiger partial charge in [0, 0.05) is 23.9 Å². The number of carbonyl (C=O) groups is 6. The lowest BCUT2D eigenvalue weighted by Gasteiger charge is -2.26. The number of ketones is 1. The molecule has 2 saturated carbocycles. The minimum absolute atomic E-state index is 0.164. The topological polar surface area (TPSA) is 161 Å². The summed E-state index contributed by atoms with van der Waals surface area (Å²) in [5, 5.41) is 0. The monoisotopic (exact) mass is 947 g/mol. The zero-order valence-corrected chi connectivity index (χ0v) is 39.1. The molecular formula is C52H50ClNO12S. The molecule has 0 atom stereocenters. The van der Waals surface area contributed by atoms with Crippen LogP contribution in [-0.2, 0) is 19.2 Å². The van der Waals surface area contributed by atoms with Gasteiger partial charge in [0.2, 0.25) is 0 Å². The highest BCUT2D eigenvalue weighted by molar-refractivity contribution is 7.18. The standard InChI is InChI=1S/C52H50ClNO12S/c1-31-29-41(62-4)22-25-44(31)65-51(59)35-9-11-36(12-10-35)52(60)66-45-26-23-42(30-37(45)15-24-43(55)46-27-28-47(53)67-46)64-50(58)34-7-5-33(6-8-34)49(57)63-40-20-16-38(17-21-40)54(2)48(56)32-13-18-39(61-3)19-14-32/h13-30,33-36H,5-12H2,1-4H3/b24-15+. The van der Waals surface area contributed by atoms with Gasteiger partial charge in [-0.25, -0.2) is 0 Å². The predicted octanol–water partition coefficient (Wildman–Crippen LogP) is 10.5. The Morgan fingerprint density at radius 1 is 0.567 bits per heavy atom. The zero-order chi connectivity index (χ0) is 47.6. The lowest BCUT2D eigenvalue weighted by atomic mass is 9.82. The first-order valence-corrected chi connectivity index (χ1v) is 23.1. The van der Waals surface area contributed by atoms with Crippen molar-refractivity contribution in [1.82, 2.24) is 0 Å². The highest BCUT2D eigenvalue weighted by Gasteiger charge is 2.34. The Labute approximate surface area is 397 Å². The molecule has 2 fully saturated rings. The smallest absolute Gasteiger partial charge is 0.314 e. The minimum Gasteiger partial charge on any atom is -0.497 e. The Kier molecular flexibility index (Phi) is 15.9. The molecular weight excluding hydrogens is 898 g/mol. The van der Waals surface area contributed by atoms with Crippen molar-refractivity contribution in [3.05, 3.63) is 129 Å². The zero-order valence-electron chi connectivity index (χ0n) is 37.5. The molecule has 2 aliphatic rings. The third-order valence-electron chi connectivity index (χ3n) is 12.1. The van der Waals surface area contributed by atoms with Gasteiger partial charge < -0.3 is 33.3 Å². The van der Waals surface area contributed by atoms with E-state index in [2.05, 4.69) is 0 Å². The fourth-order valence-electron chi connectivity index (χ4n) is 8.07. The number of allylic oxidation sites excluding steroid dienone is 1. The first kappa shape index (κ1) is 48.2. The van der Waals surface area contributed by atoms with Crippen molar-refractivity contribution >= 4 is 70.3 Å². The molecule has 13 nitrogen and oxygen atoms in total. The van der Waals surface area contributed by atoms with Crippen LogP contribution in [0.5, 0.6) is 34.5 Å². The van der Waals surface area contributed by atoms with E-state index in [1.165, 1.54) is 35.3 Å². The maximum Gasteiger partial charge on any atom is 0.314 e. The van der Waals surface area contributed by atoms with Gasteiger partial charge in [0.05, 0.1) is 47.1 Å². The van der Waals surface area contributed by atoms with E-state index in [9.17, 15) is 28.8 Å². The minimum atomic E-state index is -0.481. The van der Waals surface area contributed by atoms with Gasteiger partial charge in [-0.15, -0.1) is 11.3 Å². The Hall–Kier alpha value is -6.77. The van der Waals surface area contributed by atoms with E-state index >= 15 is 0 Å². The number of thiophene rings is 1.